The summed E-state index contributed by atoms with van der Waals surface area (Å²) in [6, 6.07) is 3.89. The number of aromatic hydroxyl groups is 1. The van der Waals surface area contributed by atoms with Crippen LogP contribution in [-0.4, -0.2) is 43.3 Å². The minimum atomic E-state index is 0. The number of benzene rings is 1. The van der Waals surface area contributed by atoms with Gasteiger partial charge in [-0.1, -0.05) is 21.5 Å². The lowest BCUT2D eigenvalue weighted by molar-refractivity contribution is 0.169. The Morgan fingerprint density at radius 2 is 2.00 bits per heavy atom. The van der Waals surface area contributed by atoms with E-state index >= 15 is 0 Å². The van der Waals surface area contributed by atoms with Crippen LogP contribution < -0.4 is 10.1 Å². The second kappa shape index (κ2) is 10.4. The molecule has 1 aliphatic rings. The Morgan fingerprint density at radius 1 is 1.39 bits per heavy atom. The monoisotopic (exact) mass is 426 g/mol. The lowest BCUT2D eigenvalue weighted by Crippen LogP contribution is -2.45. The van der Waals surface area contributed by atoms with E-state index in [-0.39, 0.29) is 36.6 Å². The molecule has 4 nitrogen and oxygen atoms in total. The van der Waals surface area contributed by atoms with Gasteiger partial charge in [-0.15, -0.1) is 31.4 Å². The number of rotatable bonds is 5. The van der Waals surface area contributed by atoms with Gasteiger partial charge >= 0.3 is 0 Å². The van der Waals surface area contributed by atoms with Crippen molar-refractivity contribution in [3.8, 4) is 11.5 Å². The molecule has 23 heavy (non-hydrogen) atoms. The smallest absolute Gasteiger partial charge is 0.162 e. The largest absolute Gasteiger partial charge is 0.504 e. The summed E-state index contributed by atoms with van der Waals surface area (Å²) in [7, 11) is 1.57. The van der Waals surface area contributed by atoms with Crippen LogP contribution in [0.1, 0.15) is 24.9 Å². The maximum Gasteiger partial charge on any atom is 0.162 e. The number of nitrogens with one attached hydrogen (secondary N) is 1. The molecule has 0 saturated carbocycles. The number of phenolic OH excluding ortho intramolecular Hbond substituents is 1. The van der Waals surface area contributed by atoms with E-state index in [9.17, 15) is 5.11 Å². The Bertz CT molecular complexity index is 523. The fraction of sp³-hybridized carbons (Fsp3) is 0.500. The summed E-state index contributed by atoms with van der Waals surface area (Å²) >= 11 is 3.50. The van der Waals surface area contributed by atoms with Crippen molar-refractivity contribution in [2.24, 2.45) is 0 Å². The van der Waals surface area contributed by atoms with Crippen molar-refractivity contribution in [1.82, 2.24) is 10.2 Å². The zero-order valence-corrected chi connectivity index (χ0v) is 16.7. The maximum absolute atomic E-state index is 10.5. The Morgan fingerprint density at radius 3 is 2.52 bits per heavy atom. The molecular formula is C16H25BrCl2N2O2. The molecule has 1 aromatic rings. The van der Waals surface area contributed by atoms with E-state index in [2.05, 4.69) is 32.7 Å². The third-order valence-corrected chi connectivity index (χ3v) is 4.24. The minimum Gasteiger partial charge on any atom is -0.504 e. The van der Waals surface area contributed by atoms with Crippen molar-refractivity contribution in [1.29, 1.82) is 0 Å². The Kier molecular flexibility index (Phi) is 10.2. The van der Waals surface area contributed by atoms with E-state index in [0.29, 0.717) is 5.75 Å². The molecule has 0 aliphatic carbocycles. The SMILES string of the molecule is C=C(C)C[C@H](c1cc(Br)cc(OC)c1O)N1CCNCC1.Cl.Cl. The van der Waals surface area contributed by atoms with Crippen molar-refractivity contribution in [3.63, 3.8) is 0 Å². The van der Waals surface area contributed by atoms with Crippen LogP contribution in [0.25, 0.3) is 0 Å². The molecule has 1 aromatic carbocycles. The first kappa shape index (κ1) is 22.5. The Hall–Kier alpha value is -0.460. The van der Waals surface area contributed by atoms with Gasteiger partial charge in [0.2, 0.25) is 0 Å². The molecule has 2 N–H and O–H groups in total. The molecular weight excluding hydrogens is 403 g/mol. The number of hydrogen-bond acceptors (Lipinski definition) is 4. The first-order chi connectivity index (χ1) is 10.0. The fourth-order valence-electron chi connectivity index (χ4n) is 2.76. The molecule has 0 amide bonds. The van der Waals surface area contributed by atoms with E-state index in [0.717, 1.165) is 48.2 Å². The predicted octanol–water partition coefficient (Wildman–Crippen LogP) is 3.92. The van der Waals surface area contributed by atoms with Crippen LogP contribution in [0.3, 0.4) is 0 Å². The maximum atomic E-state index is 10.5. The molecule has 0 radical (unpaired) electrons. The van der Waals surface area contributed by atoms with Gasteiger partial charge in [0.15, 0.2) is 11.5 Å². The third kappa shape index (κ3) is 5.84. The molecule has 1 heterocycles. The van der Waals surface area contributed by atoms with E-state index in [1.807, 2.05) is 13.0 Å². The molecule has 1 saturated heterocycles. The second-order valence-corrected chi connectivity index (χ2v) is 6.42. The molecule has 2 rings (SSSR count). The van der Waals surface area contributed by atoms with Crippen LogP contribution in [0.15, 0.2) is 28.8 Å². The van der Waals surface area contributed by atoms with E-state index in [1.165, 1.54) is 0 Å². The lowest BCUT2D eigenvalue weighted by Gasteiger charge is -2.36. The van der Waals surface area contributed by atoms with Gasteiger partial charge in [-0.2, -0.15) is 0 Å². The van der Waals surface area contributed by atoms with Gasteiger partial charge in [0.25, 0.3) is 0 Å². The number of halogens is 3. The first-order valence-corrected chi connectivity index (χ1v) is 7.97. The van der Waals surface area contributed by atoms with Crippen molar-refractivity contribution in [2.75, 3.05) is 33.3 Å². The summed E-state index contributed by atoms with van der Waals surface area (Å²) in [5.41, 5.74) is 2.00. The average Bonchev–Trinajstić information content (AvgIpc) is 2.47. The highest BCUT2D eigenvalue weighted by Crippen LogP contribution is 2.41. The zero-order chi connectivity index (χ0) is 15.4. The number of hydrogen-bond donors (Lipinski definition) is 2. The van der Waals surface area contributed by atoms with E-state index < -0.39 is 0 Å². The van der Waals surface area contributed by atoms with E-state index in [4.69, 9.17) is 4.74 Å². The van der Waals surface area contributed by atoms with Crippen LogP contribution in [0.5, 0.6) is 11.5 Å². The molecule has 0 spiro atoms. The van der Waals surface area contributed by atoms with Gasteiger partial charge in [0.05, 0.1) is 7.11 Å². The molecule has 0 aromatic heterocycles. The number of piperazine rings is 1. The van der Waals surface area contributed by atoms with Crippen LogP contribution >= 0.6 is 40.7 Å². The number of nitrogens with zero attached hydrogens (tertiary/aromatic N) is 1. The lowest BCUT2D eigenvalue weighted by atomic mass is 9.96. The normalized spacial score (nSPS) is 16.0. The van der Waals surface area contributed by atoms with Crippen molar-refractivity contribution < 1.29 is 9.84 Å². The average molecular weight is 428 g/mol. The van der Waals surface area contributed by atoms with Crippen LogP contribution in [0.4, 0.5) is 0 Å². The van der Waals surface area contributed by atoms with Gasteiger partial charge in [-0.25, -0.2) is 0 Å². The Balaban J connectivity index is 0.00000242. The highest BCUT2D eigenvalue weighted by molar-refractivity contribution is 9.10. The molecule has 1 atom stereocenters. The summed E-state index contributed by atoms with van der Waals surface area (Å²) in [6.45, 7) is 9.94. The summed E-state index contributed by atoms with van der Waals surface area (Å²) in [5.74, 6) is 0.728. The highest BCUT2D eigenvalue weighted by atomic mass is 79.9. The molecule has 1 fully saturated rings. The van der Waals surface area contributed by atoms with Gasteiger partial charge < -0.3 is 15.2 Å². The molecule has 1 aliphatic heterocycles. The highest BCUT2D eigenvalue weighted by Gasteiger charge is 2.26. The van der Waals surface area contributed by atoms with Crippen molar-refractivity contribution in [2.45, 2.75) is 19.4 Å². The standard InChI is InChI=1S/C16H23BrN2O2.2ClH/c1-11(2)8-14(19-6-4-18-5-7-19)13-9-12(17)10-15(21-3)16(13)20;;/h9-10,14,18,20H,1,4-8H2,2-3H3;2*1H/t14-;;/m1../s1. The van der Waals surface area contributed by atoms with Gasteiger partial charge in [0.1, 0.15) is 0 Å². The Labute approximate surface area is 159 Å². The second-order valence-electron chi connectivity index (χ2n) is 5.51. The molecule has 0 bridgehead atoms. The summed E-state index contributed by atoms with van der Waals surface area (Å²) in [6.07, 6.45) is 0.827. The van der Waals surface area contributed by atoms with Gasteiger partial charge in [-0.3, -0.25) is 4.90 Å². The molecule has 7 heteroatoms. The minimum absolute atomic E-state index is 0. The van der Waals surface area contributed by atoms with E-state index in [1.54, 1.807) is 13.2 Å². The first-order valence-electron chi connectivity index (χ1n) is 7.18. The van der Waals surface area contributed by atoms with Gasteiger partial charge in [0, 0.05) is 42.3 Å². The molecule has 132 valence electrons. The summed E-state index contributed by atoms with van der Waals surface area (Å²) in [4.78, 5) is 2.39. The van der Waals surface area contributed by atoms with Crippen LogP contribution in [-0.2, 0) is 0 Å². The predicted molar refractivity (Wildman–Crippen MR) is 103 cm³/mol. The molecule has 0 unspecified atom stereocenters. The quantitative estimate of drug-likeness (QED) is 0.699. The van der Waals surface area contributed by atoms with Crippen molar-refractivity contribution >= 4 is 40.7 Å². The summed E-state index contributed by atoms with van der Waals surface area (Å²) in [5, 5.41) is 13.9. The topological polar surface area (TPSA) is 44.7 Å². The fourth-order valence-corrected chi connectivity index (χ4v) is 3.22. The van der Waals surface area contributed by atoms with Crippen LogP contribution in [0, 0.1) is 0 Å². The number of phenols is 1. The van der Waals surface area contributed by atoms with Crippen LogP contribution in [0.2, 0.25) is 0 Å². The van der Waals surface area contributed by atoms with Gasteiger partial charge in [-0.05, 0) is 25.5 Å². The number of methoxy groups -OCH3 is 1. The third-order valence-electron chi connectivity index (χ3n) is 3.78. The summed E-state index contributed by atoms with van der Waals surface area (Å²) < 4.78 is 6.19. The zero-order valence-electron chi connectivity index (χ0n) is 13.5. The van der Waals surface area contributed by atoms with Crippen molar-refractivity contribution in [3.05, 3.63) is 34.3 Å². The number of ether oxygens (including phenoxy) is 1.